The highest BCUT2D eigenvalue weighted by atomic mass is 16.7. The molecule has 0 aliphatic carbocycles. The largest absolute Gasteiger partial charge is 0.383 e. The molecule has 17 heavy (non-hydrogen) atoms. The van der Waals surface area contributed by atoms with Gasteiger partial charge in [-0.25, -0.2) is 4.79 Å². The fourth-order valence-corrected chi connectivity index (χ4v) is 1.42. The lowest BCUT2D eigenvalue weighted by atomic mass is 9.89. The maximum absolute atomic E-state index is 11.7. The number of hydroxylamine groups is 1. The Hall–Kier alpha value is -0.650. The first-order valence-electron chi connectivity index (χ1n) is 6.07. The predicted octanol–water partition coefficient (Wildman–Crippen LogP) is 1.05. The molecule has 0 atom stereocenters. The number of hydrogen-bond donors (Lipinski definition) is 1. The second-order valence-corrected chi connectivity index (χ2v) is 4.65. The number of methoxy groups -OCH3 is 1. The highest BCUT2D eigenvalue weighted by Crippen LogP contribution is 2.22. The molecule has 0 rings (SSSR count). The first-order chi connectivity index (χ1) is 7.97. The summed E-state index contributed by atoms with van der Waals surface area (Å²) in [4.78, 5) is 18.7. The van der Waals surface area contributed by atoms with Crippen LogP contribution >= 0.6 is 0 Å². The normalized spacial score (nSPS) is 11.9. The lowest BCUT2D eigenvalue weighted by Crippen LogP contribution is -2.36. The molecule has 0 saturated carbocycles. The van der Waals surface area contributed by atoms with Crippen LogP contribution in [0.2, 0.25) is 0 Å². The van der Waals surface area contributed by atoms with Crippen LogP contribution in [0.3, 0.4) is 0 Å². The van der Waals surface area contributed by atoms with Crippen molar-refractivity contribution in [3.8, 4) is 0 Å². The maximum atomic E-state index is 11.7. The van der Waals surface area contributed by atoms with E-state index in [1.165, 1.54) is 0 Å². The number of nitrogens with one attached hydrogen (secondary N) is 1. The van der Waals surface area contributed by atoms with Crippen LogP contribution in [0.4, 0.5) is 0 Å². The Balaban J connectivity index is 4.08. The Bertz CT molecular complexity index is 220. The summed E-state index contributed by atoms with van der Waals surface area (Å²) in [5, 5.41) is 0. The average molecular weight is 246 g/mol. The van der Waals surface area contributed by atoms with Crippen molar-refractivity contribution in [2.75, 3.05) is 40.4 Å². The van der Waals surface area contributed by atoms with Crippen molar-refractivity contribution >= 4 is 5.97 Å². The zero-order chi connectivity index (χ0) is 13.3. The van der Waals surface area contributed by atoms with Crippen LogP contribution in [-0.4, -0.2) is 51.3 Å². The summed E-state index contributed by atoms with van der Waals surface area (Å²) in [6.07, 6.45) is 0.769. The molecule has 5 nitrogen and oxygen atoms in total. The molecule has 0 aliphatic heterocycles. The SMILES string of the molecule is CCN(CCOC)CCC(C)(C)C(=O)ONC. The van der Waals surface area contributed by atoms with Crippen molar-refractivity contribution in [3.63, 3.8) is 0 Å². The van der Waals surface area contributed by atoms with Gasteiger partial charge in [-0.15, -0.1) is 0 Å². The lowest BCUT2D eigenvalue weighted by molar-refractivity contribution is -0.161. The summed E-state index contributed by atoms with van der Waals surface area (Å²) >= 11 is 0. The molecule has 1 N–H and O–H groups in total. The van der Waals surface area contributed by atoms with Gasteiger partial charge < -0.3 is 14.5 Å². The standard InChI is InChI=1S/C12H26N2O3/c1-6-14(9-10-16-5)8-7-12(2,3)11(15)17-13-4/h13H,6-10H2,1-5H3. The number of rotatable bonds is 9. The highest BCUT2D eigenvalue weighted by molar-refractivity contribution is 5.75. The number of carbonyl (C=O) groups excluding carboxylic acids is 1. The van der Waals surface area contributed by atoms with Crippen LogP contribution in [0.5, 0.6) is 0 Å². The van der Waals surface area contributed by atoms with E-state index in [0.29, 0.717) is 0 Å². The maximum Gasteiger partial charge on any atom is 0.330 e. The van der Waals surface area contributed by atoms with Gasteiger partial charge in [-0.3, -0.25) is 0 Å². The van der Waals surface area contributed by atoms with E-state index in [2.05, 4.69) is 17.3 Å². The van der Waals surface area contributed by atoms with E-state index in [1.807, 2.05) is 13.8 Å². The number of likely N-dealkylation sites (N-methyl/N-ethyl adjacent to an activating group) is 1. The van der Waals surface area contributed by atoms with Gasteiger partial charge in [0.25, 0.3) is 0 Å². The summed E-state index contributed by atoms with van der Waals surface area (Å²) < 4.78 is 5.05. The number of carbonyl (C=O) groups is 1. The van der Waals surface area contributed by atoms with Gasteiger partial charge >= 0.3 is 5.97 Å². The van der Waals surface area contributed by atoms with Crippen molar-refractivity contribution in [3.05, 3.63) is 0 Å². The Labute approximate surface area is 104 Å². The van der Waals surface area contributed by atoms with Gasteiger partial charge in [-0.1, -0.05) is 6.92 Å². The van der Waals surface area contributed by atoms with Crippen molar-refractivity contribution in [1.82, 2.24) is 10.4 Å². The molecule has 0 aromatic rings. The van der Waals surface area contributed by atoms with Gasteiger partial charge in [0.05, 0.1) is 12.0 Å². The van der Waals surface area contributed by atoms with E-state index >= 15 is 0 Å². The van der Waals surface area contributed by atoms with E-state index in [0.717, 1.165) is 32.7 Å². The molecule has 0 bridgehead atoms. The molecule has 0 amide bonds. The van der Waals surface area contributed by atoms with Gasteiger partial charge in [0.15, 0.2) is 0 Å². The minimum Gasteiger partial charge on any atom is -0.383 e. The van der Waals surface area contributed by atoms with Crippen LogP contribution in [0, 0.1) is 5.41 Å². The molecule has 5 heteroatoms. The number of nitrogens with zero attached hydrogens (tertiary/aromatic N) is 1. The molecule has 0 unspecified atom stereocenters. The molecule has 0 saturated heterocycles. The first kappa shape index (κ1) is 16.4. The van der Waals surface area contributed by atoms with E-state index in [4.69, 9.17) is 9.57 Å². The van der Waals surface area contributed by atoms with Crippen LogP contribution in [0.25, 0.3) is 0 Å². The van der Waals surface area contributed by atoms with E-state index < -0.39 is 5.41 Å². The molecule has 0 radical (unpaired) electrons. The van der Waals surface area contributed by atoms with Crippen molar-refractivity contribution in [2.45, 2.75) is 27.2 Å². The van der Waals surface area contributed by atoms with E-state index in [1.54, 1.807) is 14.2 Å². The minimum atomic E-state index is -0.469. The molecule has 0 heterocycles. The topological polar surface area (TPSA) is 50.8 Å². The Kier molecular flexibility index (Phi) is 8.12. The third-order valence-corrected chi connectivity index (χ3v) is 2.86. The summed E-state index contributed by atoms with van der Waals surface area (Å²) in [5.41, 5.74) is 1.96. The fourth-order valence-electron chi connectivity index (χ4n) is 1.42. The van der Waals surface area contributed by atoms with Crippen LogP contribution in [0.15, 0.2) is 0 Å². The summed E-state index contributed by atoms with van der Waals surface area (Å²) in [6, 6.07) is 0. The van der Waals surface area contributed by atoms with Gasteiger partial charge in [0.1, 0.15) is 0 Å². The van der Waals surface area contributed by atoms with Crippen molar-refractivity contribution in [2.24, 2.45) is 5.41 Å². The smallest absolute Gasteiger partial charge is 0.330 e. The molecule has 0 fully saturated rings. The van der Waals surface area contributed by atoms with E-state index in [9.17, 15) is 4.79 Å². The number of ether oxygens (including phenoxy) is 1. The third kappa shape index (κ3) is 6.61. The van der Waals surface area contributed by atoms with Crippen LogP contribution in [0.1, 0.15) is 27.2 Å². The fraction of sp³-hybridized carbons (Fsp3) is 0.917. The zero-order valence-corrected chi connectivity index (χ0v) is 11.7. The zero-order valence-electron chi connectivity index (χ0n) is 11.7. The highest BCUT2D eigenvalue weighted by Gasteiger charge is 2.29. The molecular formula is C12H26N2O3. The van der Waals surface area contributed by atoms with Gasteiger partial charge in [-0.2, -0.15) is 5.48 Å². The predicted molar refractivity (Wildman–Crippen MR) is 67.5 cm³/mol. The molecular weight excluding hydrogens is 220 g/mol. The molecule has 0 spiro atoms. The summed E-state index contributed by atoms with van der Waals surface area (Å²) in [6.45, 7) is 9.34. The van der Waals surface area contributed by atoms with Crippen LogP contribution in [-0.2, 0) is 14.4 Å². The Morgan fingerprint density at radius 3 is 2.47 bits per heavy atom. The number of hydrogen-bond acceptors (Lipinski definition) is 5. The quantitative estimate of drug-likeness (QED) is 0.616. The van der Waals surface area contributed by atoms with Crippen LogP contribution < -0.4 is 5.48 Å². The molecule has 0 aromatic heterocycles. The summed E-state index contributed by atoms with van der Waals surface area (Å²) in [7, 11) is 3.28. The molecule has 102 valence electrons. The second kappa shape index (κ2) is 8.44. The lowest BCUT2D eigenvalue weighted by Gasteiger charge is -2.26. The Morgan fingerprint density at radius 1 is 1.35 bits per heavy atom. The third-order valence-electron chi connectivity index (χ3n) is 2.86. The summed E-state index contributed by atoms with van der Waals surface area (Å²) in [5.74, 6) is -0.220. The van der Waals surface area contributed by atoms with Crippen molar-refractivity contribution < 1.29 is 14.4 Å². The first-order valence-corrected chi connectivity index (χ1v) is 6.07. The van der Waals surface area contributed by atoms with Crippen molar-refractivity contribution in [1.29, 1.82) is 0 Å². The van der Waals surface area contributed by atoms with Gasteiger partial charge in [-0.05, 0) is 33.4 Å². The Morgan fingerprint density at radius 2 is 2.00 bits per heavy atom. The average Bonchev–Trinajstić information content (AvgIpc) is 2.29. The van der Waals surface area contributed by atoms with Gasteiger partial charge in [0.2, 0.25) is 0 Å². The molecule has 0 aliphatic rings. The molecule has 0 aromatic carbocycles. The van der Waals surface area contributed by atoms with Gasteiger partial charge in [0, 0.05) is 20.7 Å². The minimum absolute atomic E-state index is 0.220. The van der Waals surface area contributed by atoms with E-state index in [-0.39, 0.29) is 5.97 Å². The second-order valence-electron chi connectivity index (χ2n) is 4.65. The monoisotopic (exact) mass is 246 g/mol.